The molecule has 156 valence electrons. The third kappa shape index (κ3) is 6.04. The van der Waals surface area contributed by atoms with E-state index in [1.807, 2.05) is 0 Å². The van der Waals surface area contributed by atoms with Gasteiger partial charge in [-0.25, -0.2) is 0 Å². The second-order valence-corrected chi connectivity index (χ2v) is 6.29. The van der Waals surface area contributed by atoms with Crippen molar-refractivity contribution in [3.05, 3.63) is 83.7 Å². The van der Waals surface area contributed by atoms with Gasteiger partial charge in [-0.2, -0.15) is 0 Å². The van der Waals surface area contributed by atoms with Gasteiger partial charge in [0, 0.05) is 11.6 Å². The van der Waals surface area contributed by atoms with Crippen LogP contribution in [0.3, 0.4) is 0 Å². The van der Waals surface area contributed by atoms with Crippen LogP contribution in [0.5, 0.6) is 23.0 Å². The maximum atomic E-state index is 12.0. The standard InChI is InChI=1S/C24H24O6/c1-4-5-18-12-17(14-23(30-3)24(18)28)7-10-20(26)15-19(25)9-6-16-8-11-21(27)22(13-16)29-2/h4,6-15,26-28H,1,5H2,2-3H3/b9-6+,10-7+,20-15-. The van der Waals surface area contributed by atoms with Crippen LogP contribution in [0, 0.1) is 0 Å². The van der Waals surface area contributed by atoms with Crippen molar-refractivity contribution >= 4 is 17.9 Å². The van der Waals surface area contributed by atoms with Crippen LogP contribution in [-0.4, -0.2) is 35.3 Å². The lowest BCUT2D eigenvalue weighted by Gasteiger charge is -2.09. The number of methoxy groups -OCH3 is 2. The molecule has 0 aromatic heterocycles. The lowest BCUT2D eigenvalue weighted by atomic mass is 10.0. The molecule has 3 N–H and O–H groups in total. The number of ether oxygens (including phenoxy) is 2. The Bertz CT molecular complexity index is 1010. The molecule has 2 rings (SSSR count). The zero-order valence-corrected chi connectivity index (χ0v) is 16.8. The molecule has 0 spiro atoms. The molecule has 0 fully saturated rings. The van der Waals surface area contributed by atoms with Gasteiger partial charge in [-0.1, -0.05) is 24.3 Å². The number of aliphatic hydroxyl groups is 1. The van der Waals surface area contributed by atoms with Gasteiger partial charge >= 0.3 is 0 Å². The Morgan fingerprint density at radius 3 is 2.33 bits per heavy atom. The number of phenols is 2. The number of carbonyl (C=O) groups is 1. The summed E-state index contributed by atoms with van der Waals surface area (Å²) < 4.78 is 10.2. The number of phenolic OH excluding ortho intramolecular Hbond substituents is 2. The Hall–Kier alpha value is -3.93. The van der Waals surface area contributed by atoms with Gasteiger partial charge in [0.05, 0.1) is 14.2 Å². The molecule has 30 heavy (non-hydrogen) atoms. The molecule has 0 saturated carbocycles. The first-order valence-corrected chi connectivity index (χ1v) is 9.06. The Kier molecular flexibility index (Phi) is 7.88. The molecule has 6 nitrogen and oxygen atoms in total. The smallest absolute Gasteiger partial charge is 0.182 e. The number of aromatic hydroxyl groups is 2. The molecular formula is C24H24O6. The van der Waals surface area contributed by atoms with Gasteiger partial charge in [-0.15, -0.1) is 6.58 Å². The highest BCUT2D eigenvalue weighted by molar-refractivity contribution is 6.02. The summed E-state index contributed by atoms with van der Waals surface area (Å²) in [4.78, 5) is 12.0. The van der Waals surface area contributed by atoms with Crippen LogP contribution in [0.4, 0.5) is 0 Å². The van der Waals surface area contributed by atoms with E-state index in [0.717, 1.165) is 6.08 Å². The van der Waals surface area contributed by atoms with Crippen molar-refractivity contribution in [2.75, 3.05) is 14.2 Å². The van der Waals surface area contributed by atoms with Crippen molar-refractivity contribution < 1.29 is 29.6 Å². The normalized spacial score (nSPS) is 11.7. The van der Waals surface area contributed by atoms with E-state index in [-0.39, 0.29) is 17.3 Å². The van der Waals surface area contributed by atoms with Gasteiger partial charge in [0.1, 0.15) is 5.76 Å². The summed E-state index contributed by atoms with van der Waals surface area (Å²) in [6.07, 6.45) is 9.00. The lowest BCUT2D eigenvalue weighted by molar-refractivity contribution is -0.110. The molecule has 0 amide bonds. The molecule has 0 aliphatic heterocycles. The number of rotatable bonds is 9. The molecule has 0 aliphatic carbocycles. The zero-order valence-electron chi connectivity index (χ0n) is 16.8. The Morgan fingerprint density at radius 2 is 1.67 bits per heavy atom. The molecule has 2 aromatic carbocycles. The minimum absolute atomic E-state index is 0.00534. The van der Waals surface area contributed by atoms with Crippen LogP contribution in [0.25, 0.3) is 12.2 Å². The zero-order chi connectivity index (χ0) is 22.1. The maximum absolute atomic E-state index is 12.0. The first-order chi connectivity index (χ1) is 14.4. The quantitative estimate of drug-likeness (QED) is 0.243. The van der Waals surface area contributed by atoms with Crippen LogP contribution >= 0.6 is 0 Å². The van der Waals surface area contributed by atoms with E-state index in [2.05, 4.69) is 6.58 Å². The van der Waals surface area contributed by atoms with Gasteiger partial charge in [0.25, 0.3) is 0 Å². The third-order valence-corrected chi connectivity index (χ3v) is 4.14. The van der Waals surface area contributed by atoms with Gasteiger partial charge in [-0.3, -0.25) is 4.79 Å². The molecule has 0 unspecified atom stereocenters. The van der Waals surface area contributed by atoms with Crippen LogP contribution in [-0.2, 0) is 11.2 Å². The molecule has 0 saturated heterocycles. The van der Waals surface area contributed by atoms with Crippen molar-refractivity contribution in [3.63, 3.8) is 0 Å². The lowest BCUT2D eigenvalue weighted by Crippen LogP contribution is -1.91. The number of ketones is 1. The topological polar surface area (TPSA) is 96.2 Å². The molecule has 0 aliphatic rings. The second-order valence-electron chi connectivity index (χ2n) is 6.29. The fourth-order valence-corrected chi connectivity index (χ4v) is 2.65. The summed E-state index contributed by atoms with van der Waals surface area (Å²) in [5.74, 6) is 0.00297. The molecule has 2 aromatic rings. The summed E-state index contributed by atoms with van der Waals surface area (Å²) in [5, 5.41) is 29.7. The number of hydrogen-bond acceptors (Lipinski definition) is 6. The fraction of sp³-hybridized carbons (Fsp3) is 0.125. The van der Waals surface area contributed by atoms with Gasteiger partial charge in [-0.05, 0) is 54.0 Å². The minimum atomic E-state index is -0.417. The van der Waals surface area contributed by atoms with Crippen molar-refractivity contribution in [3.8, 4) is 23.0 Å². The minimum Gasteiger partial charge on any atom is -0.508 e. The Morgan fingerprint density at radius 1 is 1.00 bits per heavy atom. The van der Waals surface area contributed by atoms with E-state index in [1.54, 1.807) is 42.5 Å². The Labute approximate surface area is 175 Å². The molecule has 0 heterocycles. The number of allylic oxidation sites excluding steroid dienone is 4. The molecule has 6 heteroatoms. The van der Waals surface area contributed by atoms with Crippen molar-refractivity contribution in [2.24, 2.45) is 0 Å². The van der Waals surface area contributed by atoms with E-state index in [1.165, 1.54) is 32.4 Å². The molecule has 0 bridgehead atoms. The van der Waals surface area contributed by atoms with Crippen LogP contribution in [0.15, 0.2) is 67.0 Å². The van der Waals surface area contributed by atoms with Crippen LogP contribution in [0.1, 0.15) is 16.7 Å². The van der Waals surface area contributed by atoms with Crippen LogP contribution in [0.2, 0.25) is 0 Å². The summed E-state index contributed by atoms with van der Waals surface area (Å²) >= 11 is 0. The molecule has 0 radical (unpaired) electrons. The van der Waals surface area contributed by atoms with E-state index in [0.29, 0.717) is 34.6 Å². The van der Waals surface area contributed by atoms with Crippen LogP contribution < -0.4 is 9.47 Å². The van der Waals surface area contributed by atoms with E-state index in [4.69, 9.17) is 9.47 Å². The average molecular weight is 408 g/mol. The number of benzene rings is 2. The predicted octanol–water partition coefficient (Wildman–Crippen LogP) is 4.58. The number of aliphatic hydroxyl groups excluding tert-OH is 1. The summed E-state index contributed by atoms with van der Waals surface area (Å²) in [7, 11) is 2.89. The predicted molar refractivity (Wildman–Crippen MR) is 117 cm³/mol. The molecular weight excluding hydrogens is 384 g/mol. The van der Waals surface area contributed by atoms with Crippen molar-refractivity contribution in [1.29, 1.82) is 0 Å². The first-order valence-electron chi connectivity index (χ1n) is 9.06. The van der Waals surface area contributed by atoms with E-state index < -0.39 is 5.78 Å². The van der Waals surface area contributed by atoms with Gasteiger partial charge < -0.3 is 24.8 Å². The average Bonchev–Trinajstić information content (AvgIpc) is 2.73. The number of carbonyl (C=O) groups excluding carboxylic acids is 1. The second kappa shape index (κ2) is 10.6. The van der Waals surface area contributed by atoms with Crippen molar-refractivity contribution in [1.82, 2.24) is 0 Å². The van der Waals surface area contributed by atoms with E-state index >= 15 is 0 Å². The van der Waals surface area contributed by atoms with Gasteiger partial charge in [0.15, 0.2) is 28.8 Å². The summed E-state index contributed by atoms with van der Waals surface area (Å²) in [5.41, 5.74) is 1.98. The first kappa shape index (κ1) is 22.4. The highest BCUT2D eigenvalue weighted by atomic mass is 16.5. The monoisotopic (exact) mass is 408 g/mol. The third-order valence-electron chi connectivity index (χ3n) is 4.14. The highest BCUT2D eigenvalue weighted by Crippen LogP contribution is 2.32. The highest BCUT2D eigenvalue weighted by Gasteiger charge is 2.08. The van der Waals surface area contributed by atoms with E-state index in [9.17, 15) is 20.1 Å². The fourth-order valence-electron chi connectivity index (χ4n) is 2.65. The SMILES string of the molecule is C=CCc1cc(/C=C/C(O)=C/C(=O)/C=C/c2ccc(O)c(OC)c2)cc(OC)c1O. The Balaban J connectivity index is 2.13. The summed E-state index contributed by atoms with van der Waals surface area (Å²) in [6.45, 7) is 3.66. The van der Waals surface area contributed by atoms with Gasteiger partial charge in [0.2, 0.25) is 0 Å². The summed E-state index contributed by atoms with van der Waals surface area (Å²) in [6, 6.07) is 8.03. The number of hydrogen-bond donors (Lipinski definition) is 3. The van der Waals surface area contributed by atoms with Crippen molar-refractivity contribution in [2.45, 2.75) is 6.42 Å². The molecule has 0 atom stereocenters. The largest absolute Gasteiger partial charge is 0.508 e. The maximum Gasteiger partial charge on any atom is 0.182 e.